The molecule has 0 bridgehead atoms. The van der Waals surface area contributed by atoms with Crippen molar-refractivity contribution in [3.63, 3.8) is 0 Å². The van der Waals surface area contributed by atoms with E-state index in [-0.39, 0.29) is 0 Å². The molecule has 0 aliphatic rings. The lowest BCUT2D eigenvalue weighted by atomic mass is 9.94. The normalized spacial score (nSPS) is 11.2. The number of fused-ring (bicyclic) bond motifs is 2. The highest BCUT2D eigenvalue weighted by atomic mass is 15.0. The molecule has 0 radical (unpaired) electrons. The fourth-order valence-corrected chi connectivity index (χ4v) is 7.30. The average molecular weight is 716 g/mol. The molecule has 262 valence electrons. The van der Waals surface area contributed by atoms with Crippen molar-refractivity contribution in [1.82, 2.24) is 24.9 Å². The first kappa shape index (κ1) is 33.0. The van der Waals surface area contributed by atoms with Crippen molar-refractivity contribution >= 4 is 21.5 Å². The van der Waals surface area contributed by atoms with E-state index in [1.165, 1.54) is 10.8 Å². The molecule has 0 aliphatic carbocycles. The zero-order chi connectivity index (χ0) is 37.3. The van der Waals surface area contributed by atoms with Gasteiger partial charge >= 0.3 is 0 Å². The Hall–Kier alpha value is -7.63. The Kier molecular flexibility index (Phi) is 8.43. The number of nitrogens with zero attached hydrogens (tertiary/aromatic N) is 5. The van der Waals surface area contributed by atoms with Crippen molar-refractivity contribution in [1.29, 1.82) is 0 Å². The zero-order valence-electron chi connectivity index (χ0n) is 30.3. The number of pyridine rings is 2. The highest BCUT2D eigenvalue weighted by Crippen LogP contribution is 2.36. The Bertz CT molecular complexity index is 2800. The van der Waals surface area contributed by atoms with E-state index in [4.69, 9.17) is 15.0 Å². The highest BCUT2D eigenvalue weighted by Gasteiger charge is 2.16. The van der Waals surface area contributed by atoms with Crippen LogP contribution >= 0.6 is 0 Å². The maximum atomic E-state index is 5.21. The molecule has 10 rings (SSSR count). The van der Waals surface area contributed by atoms with E-state index in [0.717, 1.165) is 72.0 Å². The lowest BCUT2D eigenvalue weighted by Crippen LogP contribution is -2.01. The minimum Gasteiger partial charge on any atom is -0.265 e. The van der Waals surface area contributed by atoms with Gasteiger partial charge in [0, 0.05) is 41.5 Å². The fourth-order valence-electron chi connectivity index (χ4n) is 7.30. The quantitative estimate of drug-likeness (QED) is 0.164. The molecule has 5 heteroatoms. The maximum absolute atomic E-state index is 5.21. The summed E-state index contributed by atoms with van der Waals surface area (Å²) in [5, 5.41) is 4.60. The molecule has 56 heavy (non-hydrogen) atoms. The molecular weight excluding hydrogens is 683 g/mol. The van der Waals surface area contributed by atoms with Gasteiger partial charge in [0.15, 0.2) is 17.5 Å². The largest absolute Gasteiger partial charge is 0.265 e. The van der Waals surface area contributed by atoms with Crippen molar-refractivity contribution in [2.75, 3.05) is 0 Å². The van der Waals surface area contributed by atoms with Crippen LogP contribution in [0.1, 0.15) is 0 Å². The molecule has 3 aromatic heterocycles. The van der Waals surface area contributed by atoms with Crippen molar-refractivity contribution < 1.29 is 0 Å². The number of aromatic nitrogens is 5. The van der Waals surface area contributed by atoms with Gasteiger partial charge in [-0.15, -0.1) is 0 Å². The summed E-state index contributed by atoms with van der Waals surface area (Å²) in [4.78, 5) is 24.1. The van der Waals surface area contributed by atoms with Crippen LogP contribution < -0.4 is 0 Å². The zero-order valence-corrected chi connectivity index (χ0v) is 30.3. The lowest BCUT2D eigenvalue weighted by molar-refractivity contribution is 1.08. The van der Waals surface area contributed by atoms with E-state index in [1.54, 1.807) is 6.20 Å². The predicted molar refractivity (Wildman–Crippen MR) is 228 cm³/mol. The first-order valence-electron chi connectivity index (χ1n) is 18.6. The summed E-state index contributed by atoms with van der Waals surface area (Å²) < 4.78 is 0. The van der Waals surface area contributed by atoms with Crippen LogP contribution in [0.5, 0.6) is 0 Å². The number of hydrogen-bond acceptors (Lipinski definition) is 5. The Morgan fingerprint density at radius 1 is 0.232 bits per heavy atom. The summed E-state index contributed by atoms with van der Waals surface area (Å²) in [7, 11) is 0. The molecule has 5 nitrogen and oxygen atoms in total. The Morgan fingerprint density at radius 2 is 0.643 bits per heavy atom. The van der Waals surface area contributed by atoms with Crippen molar-refractivity contribution in [2.45, 2.75) is 0 Å². The monoisotopic (exact) mass is 715 g/mol. The molecule has 7 aromatic carbocycles. The lowest BCUT2D eigenvalue weighted by Gasteiger charge is -2.13. The summed E-state index contributed by atoms with van der Waals surface area (Å²) in [5.41, 5.74) is 11.5. The van der Waals surface area contributed by atoms with Gasteiger partial charge in [-0.05, 0) is 115 Å². The molecule has 0 N–H and O–H groups in total. The maximum Gasteiger partial charge on any atom is 0.164 e. The third-order valence-electron chi connectivity index (χ3n) is 10.3. The third-order valence-corrected chi connectivity index (χ3v) is 10.3. The number of hydrogen-bond donors (Lipinski definition) is 0. The SMILES string of the molecule is c1cncc(-c2ccc(-c3cc(-c4ccc(-c5ccncc5)cc4)cc(-c4nc(-c5ccc6ccccc6c5)nc(-c5ccc6ccccc6c5)n4)c3)cc2)c1. The smallest absolute Gasteiger partial charge is 0.164 e. The van der Waals surface area contributed by atoms with Gasteiger partial charge in [-0.2, -0.15) is 0 Å². The van der Waals surface area contributed by atoms with E-state index in [1.807, 2.05) is 36.8 Å². The highest BCUT2D eigenvalue weighted by molar-refractivity contribution is 5.89. The minimum atomic E-state index is 0.606. The molecule has 0 fully saturated rings. The van der Waals surface area contributed by atoms with E-state index in [2.05, 4.69) is 168 Å². The summed E-state index contributed by atoms with van der Waals surface area (Å²) in [6, 6.07) is 61.6. The minimum absolute atomic E-state index is 0.606. The predicted octanol–water partition coefficient (Wildman–Crippen LogP) is 12.6. The van der Waals surface area contributed by atoms with Gasteiger partial charge < -0.3 is 0 Å². The van der Waals surface area contributed by atoms with Gasteiger partial charge in [-0.3, -0.25) is 9.97 Å². The fraction of sp³-hybridized carbons (Fsp3) is 0. The molecule has 10 aromatic rings. The summed E-state index contributed by atoms with van der Waals surface area (Å²) in [5.74, 6) is 1.85. The van der Waals surface area contributed by atoms with Crippen LogP contribution in [0.15, 0.2) is 201 Å². The summed E-state index contributed by atoms with van der Waals surface area (Å²) in [6.07, 6.45) is 7.34. The van der Waals surface area contributed by atoms with Gasteiger partial charge in [0.2, 0.25) is 0 Å². The third kappa shape index (κ3) is 6.59. The van der Waals surface area contributed by atoms with Crippen LogP contribution in [0.3, 0.4) is 0 Å². The second kappa shape index (κ2) is 14.3. The first-order valence-corrected chi connectivity index (χ1v) is 18.6. The second-order valence-corrected chi connectivity index (χ2v) is 13.9. The Balaban J connectivity index is 1.15. The van der Waals surface area contributed by atoms with E-state index in [9.17, 15) is 0 Å². The van der Waals surface area contributed by atoms with Crippen molar-refractivity contribution in [2.24, 2.45) is 0 Å². The Morgan fingerprint density at radius 3 is 1.14 bits per heavy atom. The number of benzene rings is 7. The van der Waals surface area contributed by atoms with Crippen molar-refractivity contribution in [3.05, 3.63) is 201 Å². The van der Waals surface area contributed by atoms with E-state index >= 15 is 0 Å². The van der Waals surface area contributed by atoms with Crippen LogP contribution in [0, 0.1) is 0 Å². The molecule has 0 amide bonds. The van der Waals surface area contributed by atoms with Gasteiger partial charge in [0.1, 0.15) is 0 Å². The second-order valence-electron chi connectivity index (χ2n) is 13.9. The van der Waals surface area contributed by atoms with Crippen LogP contribution in [-0.4, -0.2) is 24.9 Å². The molecule has 0 aliphatic heterocycles. The van der Waals surface area contributed by atoms with E-state index < -0.39 is 0 Å². The van der Waals surface area contributed by atoms with Gasteiger partial charge in [0.05, 0.1) is 0 Å². The summed E-state index contributed by atoms with van der Waals surface area (Å²) in [6.45, 7) is 0. The molecule has 3 heterocycles. The van der Waals surface area contributed by atoms with Gasteiger partial charge in [-0.1, -0.05) is 127 Å². The molecule has 0 saturated carbocycles. The topological polar surface area (TPSA) is 64.5 Å². The van der Waals surface area contributed by atoms with E-state index in [0.29, 0.717) is 17.5 Å². The van der Waals surface area contributed by atoms with Crippen LogP contribution in [0.4, 0.5) is 0 Å². The standard InChI is InChI=1S/C51H33N5/c1-3-8-41-28-43(21-19-34(41)6-1)49-54-50(44-22-20-35-7-2-4-9-42(35)29-44)56-51(55-49)48-31-46(38-15-11-36(12-16-38)40-23-26-52-27-24-40)30-47(32-48)39-17-13-37(14-18-39)45-10-5-25-53-33-45/h1-33H. The molecule has 0 spiro atoms. The summed E-state index contributed by atoms with van der Waals surface area (Å²) >= 11 is 0. The Labute approximate surface area is 324 Å². The van der Waals surface area contributed by atoms with Gasteiger partial charge in [0.25, 0.3) is 0 Å². The molecule has 0 atom stereocenters. The van der Waals surface area contributed by atoms with Gasteiger partial charge in [-0.25, -0.2) is 15.0 Å². The van der Waals surface area contributed by atoms with Crippen LogP contribution in [0.25, 0.3) is 100 Å². The first-order chi connectivity index (χ1) is 27.7. The average Bonchev–Trinajstić information content (AvgIpc) is 3.29. The molecule has 0 unspecified atom stereocenters. The number of rotatable bonds is 7. The molecule has 0 saturated heterocycles. The van der Waals surface area contributed by atoms with Crippen LogP contribution in [-0.2, 0) is 0 Å². The van der Waals surface area contributed by atoms with Crippen LogP contribution in [0.2, 0.25) is 0 Å². The molecular formula is C51H33N5. The van der Waals surface area contributed by atoms with Crippen molar-refractivity contribution in [3.8, 4) is 78.7 Å².